The van der Waals surface area contributed by atoms with E-state index in [1.165, 1.54) is 17.0 Å². The minimum absolute atomic E-state index is 0. The Hall–Kier alpha value is -3.05. The molecule has 2 aliphatic heterocycles. The maximum absolute atomic E-state index is 12.7. The lowest BCUT2D eigenvalue weighted by molar-refractivity contribution is -0.384. The van der Waals surface area contributed by atoms with Gasteiger partial charge in [-0.15, -0.1) is 0 Å². The number of amides is 2. The number of non-ortho nitro benzene ring substituents is 1. The van der Waals surface area contributed by atoms with E-state index in [1.807, 2.05) is 20.8 Å². The van der Waals surface area contributed by atoms with E-state index in [2.05, 4.69) is 4.72 Å². The maximum Gasteiger partial charge on any atom is 0.410 e. The van der Waals surface area contributed by atoms with Crippen LogP contribution in [0.5, 0.6) is 0 Å². The summed E-state index contributed by atoms with van der Waals surface area (Å²) in [5.41, 5.74) is 4.63. The molecule has 2 amide bonds. The van der Waals surface area contributed by atoms with Crippen LogP contribution in [-0.2, 0) is 19.5 Å². The molecule has 2 heterocycles. The number of benzene rings is 1. The Morgan fingerprint density at radius 3 is 1.79 bits per heavy atom. The lowest BCUT2D eigenvalue weighted by Crippen LogP contribution is -2.41. The Balaban J connectivity index is 0.000000525. The van der Waals surface area contributed by atoms with E-state index in [0.29, 0.717) is 32.5 Å². The van der Waals surface area contributed by atoms with Gasteiger partial charge in [-0.2, -0.15) is 0 Å². The number of nitro benzene ring substituents is 1. The predicted octanol–water partition coefficient (Wildman–Crippen LogP) is 3.47. The highest BCUT2D eigenvalue weighted by molar-refractivity contribution is 7.89. The Kier molecular flexibility index (Phi) is 16.0. The molecule has 0 unspecified atom stereocenters. The van der Waals surface area contributed by atoms with Gasteiger partial charge in [0, 0.05) is 63.6 Å². The molecule has 47 heavy (non-hydrogen) atoms. The average Bonchev–Trinajstić information content (AvgIpc) is 3.51. The van der Waals surface area contributed by atoms with Gasteiger partial charge in [-0.3, -0.25) is 10.1 Å². The van der Waals surface area contributed by atoms with Crippen molar-refractivity contribution in [2.45, 2.75) is 103 Å². The van der Waals surface area contributed by atoms with E-state index < -0.39 is 38.3 Å². The molecule has 16 heteroatoms. The standard InChI is InChI=1S/C18H27N3O7S.C12H24N2O3.CH4/c1-18(2,3)28-17(23)20-11-13(5-4-10-22)16(12-20)19-29(26,27)15-8-6-14(7-9-15)21(24)25;1-12(2,3)17-11(16)14-7-9(5-4-6-15)10(13)8-14;/h6-9,13,16,19,22H,4-5,10-12H2,1-3H3;9-10,15H,4-8,13H2,1-3H3;1H4/t13-,16-;9-,10-;/m11./s1. The molecule has 1 aromatic rings. The van der Waals surface area contributed by atoms with Crippen LogP contribution in [0.1, 0.15) is 74.7 Å². The van der Waals surface area contributed by atoms with Crippen LogP contribution in [0.3, 0.4) is 0 Å². The molecule has 0 bridgehead atoms. The molecule has 0 spiro atoms. The number of nitrogens with two attached hydrogens (primary N) is 1. The van der Waals surface area contributed by atoms with E-state index in [9.17, 15) is 28.1 Å². The summed E-state index contributed by atoms with van der Waals surface area (Å²) in [5.74, 6) is 0.0807. The highest BCUT2D eigenvalue weighted by atomic mass is 32.2. The summed E-state index contributed by atoms with van der Waals surface area (Å²) in [5, 5.41) is 28.7. The van der Waals surface area contributed by atoms with Crippen molar-refractivity contribution in [1.82, 2.24) is 14.5 Å². The van der Waals surface area contributed by atoms with Crippen LogP contribution in [0.15, 0.2) is 29.2 Å². The minimum atomic E-state index is -3.94. The van der Waals surface area contributed by atoms with Crippen molar-refractivity contribution in [2.75, 3.05) is 39.4 Å². The van der Waals surface area contributed by atoms with E-state index in [1.54, 1.807) is 25.7 Å². The quantitative estimate of drug-likeness (QED) is 0.206. The third-order valence-electron chi connectivity index (χ3n) is 7.37. The fourth-order valence-electron chi connectivity index (χ4n) is 5.17. The Morgan fingerprint density at radius 2 is 1.34 bits per heavy atom. The topological polar surface area (TPSA) is 215 Å². The molecular formula is C31H55N5O10S. The summed E-state index contributed by atoms with van der Waals surface area (Å²) in [6, 6.07) is 4.02. The first-order chi connectivity index (χ1) is 21.3. The van der Waals surface area contributed by atoms with E-state index in [0.717, 1.165) is 25.0 Å². The van der Waals surface area contributed by atoms with Gasteiger partial charge in [0.05, 0.1) is 9.82 Å². The highest BCUT2D eigenvalue weighted by Gasteiger charge is 2.39. The number of carbonyl (C=O) groups excluding carboxylic acids is 2. The average molecular weight is 690 g/mol. The van der Waals surface area contributed by atoms with Crippen molar-refractivity contribution in [3.8, 4) is 0 Å². The monoisotopic (exact) mass is 689 g/mol. The van der Waals surface area contributed by atoms with Gasteiger partial charge >= 0.3 is 12.2 Å². The van der Waals surface area contributed by atoms with E-state index >= 15 is 0 Å². The smallest absolute Gasteiger partial charge is 0.410 e. The van der Waals surface area contributed by atoms with Crippen LogP contribution in [0.25, 0.3) is 0 Å². The Bertz CT molecular complexity index is 1260. The van der Waals surface area contributed by atoms with Gasteiger partial charge in [0.15, 0.2) is 0 Å². The zero-order valence-corrected chi connectivity index (χ0v) is 28.5. The van der Waals surface area contributed by atoms with Crippen molar-refractivity contribution in [2.24, 2.45) is 17.6 Å². The zero-order chi connectivity index (χ0) is 34.9. The second-order valence-corrected chi connectivity index (χ2v) is 15.4. The third kappa shape index (κ3) is 13.9. The zero-order valence-electron chi connectivity index (χ0n) is 27.7. The van der Waals surface area contributed by atoms with Crippen LogP contribution in [0, 0.1) is 22.0 Å². The molecule has 3 rings (SSSR count). The minimum Gasteiger partial charge on any atom is -0.444 e. The first-order valence-corrected chi connectivity index (χ1v) is 16.9. The number of ether oxygens (including phenoxy) is 2. The normalized spacial score (nSPS) is 21.4. The fourth-order valence-corrected chi connectivity index (χ4v) is 6.47. The summed E-state index contributed by atoms with van der Waals surface area (Å²) >= 11 is 0. The van der Waals surface area contributed by atoms with Crippen LogP contribution in [-0.4, -0.2) is 108 Å². The summed E-state index contributed by atoms with van der Waals surface area (Å²) in [6.07, 6.45) is 1.78. The van der Waals surface area contributed by atoms with E-state index in [-0.39, 0.29) is 61.7 Å². The van der Waals surface area contributed by atoms with Gasteiger partial charge in [0.1, 0.15) is 11.2 Å². The number of hydrogen-bond donors (Lipinski definition) is 4. The second-order valence-electron chi connectivity index (χ2n) is 13.7. The first kappa shape index (κ1) is 42.0. The van der Waals surface area contributed by atoms with Crippen molar-refractivity contribution in [3.05, 3.63) is 34.4 Å². The number of aliphatic hydroxyl groups is 2. The number of sulfonamides is 1. The largest absolute Gasteiger partial charge is 0.444 e. The van der Waals surface area contributed by atoms with Gasteiger partial charge in [-0.05, 0) is 91.2 Å². The summed E-state index contributed by atoms with van der Waals surface area (Å²) in [7, 11) is -3.94. The fraction of sp³-hybridized carbons (Fsp3) is 0.742. The van der Waals surface area contributed by atoms with Crippen molar-refractivity contribution >= 4 is 27.9 Å². The van der Waals surface area contributed by atoms with Gasteiger partial charge in [-0.1, -0.05) is 7.43 Å². The molecule has 0 saturated carbocycles. The Morgan fingerprint density at radius 1 is 0.894 bits per heavy atom. The van der Waals surface area contributed by atoms with Gasteiger partial charge in [0.25, 0.3) is 5.69 Å². The van der Waals surface area contributed by atoms with Crippen LogP contribution < -0.4 is 10.5 Å². The summed E-state index contributed by atoms with van der Waals surface area (Å²) in [6.45, 7) is 12.6. The third-order valence-corrected chi connectivity index (χ3v) is 8.87. The van der Waals surface area contributed by atoms with Gasteiger partial charge in [0.2, 0.25) is 10.0 Å². The molecule has 0 aliphatic carbocycles. The first-order valence-electron chi connectivity index (χ1n) is 15.5. The number of nitrogens with zero attached hydrogens (tertiary/aromatic N) is 3. The van der Waals surface area contributed by atoms with Crippen LogP contribution in [0.2, 0.25) is 0 Å². The number of carbonyl (C=O) groups is 2. The lowest BCUT2D eigenvalue weighted by Gasteiger charge is -2.24. The molecule has 1 aromatic carbocycles. The molecule has 270 valence electrons. The Labute approximate surface area is 279 Å². The van der Waals surface area contributed by atoms with Crippen LogP contribution >= 0.6 is 0 Å². The molecule has 2 saturated heterocycles. The molecule has 15 nitrogen and oxygen atoms in total. The number of aliphatic hydroxyl groups excluding tert-OH is 2. The number of nitrogens with one attached hydrogen (secondary N) is 1. The second kappa shape index (κ2) is 17.9. The van der Waals surface area contributed by atoms with Gasteiger partial charge in [-0.25, -0.2) is 22.7 Å². The highest BCUT2D eigenvalue weighted by Crippen LogP contribution is 2.26. The maximum atomic E-state index is 12.7. The van der Waals surface area contributed by atoms with E-state index in [4.69, 9.17) is 25.4 Å². The predicted molar refractivity (Wildman–Crippen MR) is 177 cm³/mol. The van der Waals surface area contributed by atoms with Crippen molar-refractivity contribution in [3.63, 3.8) is 0 Å². The SMILES string of the molecule is C.CC(C)(C)OC(=O)N1C[C@@H](CCCO)[C@H](N)C1.CC(C)(C)OC(=O)N1C[C@@H](CCCO)[C@H](NS(=O)(=O)c2ccc([N+](=O)[O-])cc2)C1. The van der Waals surface area contributed by atoms with Crippen molar-refractivity contribution < 1.29 is 42.6 Å². The molecular weight excluding hydrogens is 634 g/mol. The van der Waals surface area contributed by atoms with Crippen LogP contribution in [0.4, 0.5) is 15.3 Å². The lowest BCUT2D eigenvalue weighted by atomic mass is 9.99. The number of nitro groups is 1. The molecule has 0 aromatic heterocycles. The number of rotatable bonds is 10. The number of hydrogen-bond acceptors (Lipinski definition) is 11. The number of likely N-dealkylation sites (tertiary alicyclic amines) is 2. The summed E-state index contributed by atoms with van der Waals surface area (Å²) in [4.78, 5) is 37.4. The molecule has 2 fully saturated rings. The van der Waals surface area contributed by atoms with Crippen molar-refractivity contribution in [1.29, 1.82) is 0 Å². The molecule has 4 atom stereocenters. The van der Waals surface area contributed by atoms with Gasteiger partial charge < -0.3 is 35.2 Å². The summed E-state index contributed by atoms with van der Waals surface area (Å²) < 4.78 is 38.7. The molecule has 0 radical (unpaired) electrons. The molecule has 5 N–H and O–H groups in total. The molecule has 2 aliphatic rings.